The van der Waals surface area contributed by atoms with Gasteiger partial charge in [-0.1, -0.05) is 10.5 Å². The molecule has 2 rings (SSSR count). The smallest absolute Gasteiger partial charge is 0.210 e. The van der Waals surface area contributed by atoms with Crippen molar-refractivity contribution in [1.29, 1.82) is 0 Å². The normalized spacial score (nSPS) is 12.8. The fourth-order valence-electron chi connectivity index (χ4n) is 1.09. The summed E-state index contributed by atoms with van der Waals surface area (Å²) in [5.74, 6) is 0. The van der Waals surface area contributed by atoms with Crippen LogP contribution < -0.4 is 0 Å². The minimum absolute atomic E-state index is 0.128. The molecule has 0 unspecified atom stereocenters. The van der Waals surface area contributed by atoms with Gasteiger partial charge in [0.2, 0.25) is 0 Å². The molecular formula is C7H3N3O3S2. The van der Waals surface area contributed by atoms with Crippen molar-refractivity contribution in [3.05, 3.63) is 18.2 Å². The van der Waals surface area contributed by atoms with Gasteiger partial charge in [-0.15, -0.1) is 0 Å². The van der Waals surface area contributed by atoms with Crippen LogP contribution in [0.1, 0.15) is 0 Å². The van der Waals surface area contributed by atoms with Crippen LogP contribution in [0, 0.1) is 0 Å². The summed E-state index contributed by atoms with van der Waals surface area (Å²) >= 11 is 0.897. The number of rotatable bonds is 2. The van der Waals surface area contributed by atoms with Crippen molar-refractivity contribution in [2.75, 3.05) is 0 Å². The van der Waals surface area contributed by atoms with E-state index in [-0.39, 0.29) is 10.6 Å². The molecule has 1 aliphatic rings. The van der Waals surface area contributed by atoms with Crippen LogP contribution in [0.4, 0.5) is 11.4 Å². The van der Waals surface area contributed by atoms with Crippen LogP contribution in [0.25, 0.3) is 0 Å². The summed E-state index contributed by atoms with van der Waals surface area (Å²) in [6, 6.07) is 4.46. The number of carbonyl (C=O) groups excluding carboxylic acids is 1. The molecule has 8 heteroatoms. The van der Waals surface area contributed by atoms with Crippen LogP contribution >= 0.6 is 0 Å². The van der Waals surface area contributed by atoms with Gasteiger partial charge in [-0.05, 0) is 12.1 Å². The monoisotopic (exact) mass is 241 g/mol. The maximum atomic E-state index is 11.5. The standard InChI is InChI=1S/C7H3N3O3S2/c11-4-8-15(12,13)6-3-1-2-5-7(6)10-14-9-5/h1-3H. The molecule has 1 heterocycles. The van der Waals surface area contributed by atoms with Crippen molar-refractivity contribution in [2.45, 2.75) is 4.90 Å². The Balaban J connectivity index is 2.72. The summed E-state index contributed by atoms with van der Waals surface area (Å²) in [4.78, 5) is 9.84. The molecule has 0 saturated carbocycles. The van der Waals surface area contributed by atoms with E-state index in [1.165, 1.54) is 12.1 Å². The molecule has 0 atom stereocenters. The molecule has 0 aliphatic carbocycles. The molecule has 0 spiro atoms. The largest absolute Gasteiger partial charge is 0.294 e. The predicted octanol–water partition coefficient (Wildman–Crippen LogP) is 1.44. The van der Waals surface area contributed by atoms with Crippen LogP contribution in [0.2, 0.25) is 0 Å². The van der Waals surface area contributed by atoms with E-state index in [0.29, 0.717) is 5.69 Å². The first-order chi connectivity index (χ1) is 7.15. The second-order valence-corrected chi connectivity index (χ2v) is 4.65. The third-order valence-corrected chi connectivity index (χ3v) is 3.43. The van der Waals surface area contributed by atoms with Crippen LogP contribution in [-0.2, 0) is 26.2 Å². The second-order valence-electron chi connectivity index (χ2n) is 2.55. The van der Waals surface area contributed by atoms with Crippen molar-refractivity contribution < 1.29 is 13.2 Å². The average Bonchev–Trinajstić information content (AvgIpc) is 2.64. The lowest BCUT2D eigenvalue weighted by Gasteiger charge is -2.00. The molecule has 1 aliphatic heterocycles. The molecule has 0 saturated heterocycles. The number of benzene rings is 1. The van der Waals surface area contributed by atoms with Gasteiger partial charge in [-0.3, -0.25) is 0 Å². The molecule has 0 N–H and O–H groups in total. The third-order valence-electron chi connectivity index (χ3n) is 1.68. The third kappa shape index (κ3) is 1.65. The van der Waals surface area contributed by atoms with Gasteiger partial charge in [-0.25, -0.2) is 4.79 Å². The van der Waals surface area contributed by atoms with Gasteiger partial charge in [0.05, 0.1) is 11.4 Å². The lowest BCUT2D eigenvalue weighted by atomic mass is 10.3. The lowest BCUT2D eigenvalue weighted by Crippen LogP contribution is -1.96. The molecule has 0 amide bonds. The SMILES string of the molecule is O=C=NS(=O)(=O)c1cccc2c1N=S=N2. The van der Waals surface area contributed by atoms with Gasteiger partial charge in [-0.2, -0.15) is 17.1 Å². The van der Waals surface area contributed by atoms with Gasteiger partial charge in [0.25, 0.3) is 16.1 Å². The number of fused-ring (bicyclic) bond motifs is 1. The summed E-state index contributed by atoms with van der Waals surface area (Å²) in [6.45, 7) is 0. The average molecular weight is 241 g/mol. The summed E-state index contributed by atoms with van der Waals surface area (Å²) in [5.41, 5.74) is 0.684. The van der Waals surface area contributed by atoms with E-state index >= 15 is 0 Å². The van der Waals surface area contributed by atoms with Crippen molar-refractivity contribution in [3.63, 3.8) is 0 Å². The number of hydrogen-bond donors (Lipinski definition) is 0. The van der Waals surface area contributed by atoms with Gasteiger partial charge in [0.1, 0.15) is 16.3 Å². The van der Waals surface area contributed by atoms with Gasteiger partial charge < -0.3 is 0 Å². The minimum atomic E-state index is -4.00. The minimum Gasteiger partial charge on any atom is -0.210 e. The maximum absolute atomic E-state index is 11.5. The highest BCUT2D eigenvalue weighted by Crippen LogP contribution is 2.37. The van der Waals surface area contributed by atoms with E-state index in [9.17, 15) is 13.2 Å². The highest BCUT2D eigenvalue weighted by molar-refractivity contribution is 7.90. The van der Waals surface area contributed by atoms with E-state index in [1.807, 2.05) is 0 Å². The van der Waals surface area contributed by atoms with Crippen molar-refractivity contribution in [2.24, 2.45) is 13.1 Å². The molecular weight excluding hydrogens is 238 g/mol. The number of sulfonamides is 1. The second kappa shape index (κ2) is 3.50. The summed E-state index contributed by atoms with van der Waals surface area (Å²) in [7, 11) is -4.00. The van der Waals surface area contributed by atoms with E-state index in [4.69, 9.17) is 0 Å². The Morgan fingerprint density at radius 2 is 2.13 bits per heavy atom. The molecule has 0 aromatic heterocycles. The van der Waals surface area contributed by atoms with Gasteiger partial charge >= 0.3 is 0 Å². The summed E-state index contributed by atoms with van der Waals surface area (Å²) < 4.78 is 33.4. The Morgan fingerprint density at radius 3 is 2.87 bits per heavy atom. The van der Waals surface area contributed by atoms with E-state index in [1.54, 1.807) is 6.07 Å². The van der Waals surface area contributed by atoms with Gasteiger partial charge in [0, 0.05) is 0 Å². The Kier molecular flexibility index (Phi) is 2.31. The first-order valence-corrected chi connectivity index (χ1v) is 5.87. The Hall–Kier alpha value is -1.63. The summed E-state index contributed by atoms with van der Waals surface area (Å²) in [6.07, 6.45) is 1.01. The predicted molar refractivity (Wildman–Crippen MR) is 53.3 cm³/mol. The van der Waals surface area contributed by atoms with Crippen molar-refractivity contribution in [1.82, 2.24) is 0 Å². The summed E-state index contributed by atoms with van der Waals surface area (Å²) in [5, 5.41) is 0. The first kappa shape index (κ1) is 9.91. The van der Waals surface area contributed by atoms with Crippen molar-refractivity contribution in [3.8, 4) is 0 Å². The molecule has 0 bridgehead atoms. The Morgan fingerprint density at radius 1 is 1.33 bits per heavy atom. The van der Waals surface area contributed by atoms with Crippen molar-refractivity contribution >= 4 is 38.8 Å². The van der Waals surface area contributed by atoms with E-state index in [0.717, 1.165) is 17.4 Å². The molecule has 76 valence electrons. The van der Waals surface area contributed by atoms with Crippen LogP contribution in [-0.4, -0.2) is 14.5 Å². The first-order valence-electron chi connectivity index (χ1n) is 3.70. The maximum Gasteiger partial charge on any atom is 0.294 e. The molecule has 1 aromatic rings. The number of isocyanates is 1. The lowest BCUT2D eigenvalue weighted by molar-refractivity contribution is 0.563. The Labute approximate surface area is 88.6 Å². The number of nitrogens with zero attached hydrogens (tertiary/aromatic N) is 3. The fourth-order valence-corrected chi connectivity index (χ4v) is 2.54. The zero-order valence-corrected chi connectivity index (χ0v) is 8.75. The highest BCUT2D eigenvalue weighted by Gasteiger charge is 2.21. The zero-order chi connectivity index (χ0) is 10.9. The highest BCUT2D eigenvalue weighted by atomic mass is 32.2. The Bertz CT molecular complexity index is 637. The molecule has 1 aromatic carbocycles. The van der Waals surface area contributed by atoms with Crippen LogP contribution in [0.3, 0.4) is 0 Å². The van der Waals surface area contributed by atoms with E-state index in [2.05, 4.69) is 13.1 Å². The molecule has 0 radical (unpaired) electrons. The fraction of sp³-hybridized carbons (Fsp3) is 0. The van der Waals surface area contributed by atoms with Crippen LogP contribution in [0.15, 0.2) is 36.2 Å². The zero-order valence-electron chi connectivity index (χ0n) is 7.11. The quantitative estimate of drug-likeness (QED) is 0.588. The topological polar surface area (TPSA) is 88.3 Å². The number of hydrogen-bond acceptors (Lipinski definition) is 5. The molecule has 15 heavy (non-hydrogen) atoms. The van der Waals surface area contributed by atoms with Gasteiger partial charge in [0.15, 0.2) is 0 Å². The van der Waals surface area contributed by atoms with Crippen LogP contribution in [0.5, 0.6) is 0 Å². The molecule has 0 fully saturated rings. The molecule has 6 nitrogen and oxygen atoms in total. The van der Waals surface area contributed by atoms with E-state index < -0.39 is 10.0 Å².